The van der Waals surface area contributed by atoms with Crippen molar-refractivity contribution in [3.63, 3.8) is 0 Å². The number of carbonyl (C=O) groups is 1. The van der Waals surface area contributed by atoms with Crippen LogP contribution in [0.5, 0.6) is 0 Å². The molecule has 1 nitrogen and oxygen atoms in total. The molecule has 2 heteroatoms. The van der Waals surface area contributed by atoms with Gasteiger partial charge in [-0.3, -0.25) is 4.79 Å². The molecule has 0 fully saturated rings. The highest BCUT2D eigenvalue weighted by Crippen LogP contribution is 2.18. The van der Waals surface area contributed by atoms with Crippen LogP contribution in [0.3, 0.4) is 0 Å². The minimum absolute atomic E-state index is 0.146. The largest absolute Gasteiger partial charge is 0.299 e. The van der Waals surface area contributed by atoms with Gasteiger partial charge in [0, 0.05) is 17.6 Å². The summed E-state index contributed by atoms with van der Waals surface area (Å²) in [7, 11) is 0. The van der Waals surface area contributed by atoms with Crippen LogP contribution in [0.2, 0.25) is 0 Å². The van der Waals surface area contributed by atoms with Crippen LogP contribution < -0.4 is 0 Å². The van der Waals surface area contributed by atoms with Gasteiger partial charge >= 0.3 is 0 Å². The number of carbonyl (C=O) groups excluding carboxylic acids is 1. The predicted octanol–water partition coefficient (Wildman–Crippen LogP) is 3.13. The van der Waals surface area contributed by atoms with Crippen molar-refractivity contribution in [3.8, 4) is 0 Å². The van der Waals surface area contributed by atoms with E-state index in [0.29, 0.717) is 5.78 Å². The standard InChI is InChI=1S/C10H20OS/c1-5-7-12-8-6-9(11)10(2,3)4/h5-8H2,1-4H3. The summed E-state index contributed by atoms with van der Waals surface area (Å²) >= 11 is 1.88. The zero-order valence-corrected chi connectivity index (χ0v) is 9.46. The van der Waals surface area contributed by atoms with E-state index in [1.54, 1.807) is 0 Å². The van der Waals surface area contributed by atoms with E-state index in [1.807, 2.05) is 32.5 Å². The topological polar surface area (TPSA) is 17.1 Å². The third-order valence-electron chi connectivity index (χ3n) is 1.66. The van der Waals surface area contributed by atoms with Crippen molar-refractivity contribution in [1.82, 2.24) is 0 Å². The van der Waals surface area contributed by atoms with Gasteiger partial charge in [-0.15, -0.1) is 0 Å². The Morgan fingerprint density at radius 3 is 2.25 bits per heavy atom. The van der Waals surface area contributed by atoms with Gasteiger partial charge in [0.05, 0.1) is 0 Å². The second-order valence-corrected chi connectivity index (χ2v) is 5.26. The minimum atomic E-state index is -0.146. The fourth-order valence-corrected chi connectivity index (χ4v) is 1.61. The number of Topliss-reactive ketones (excluding diaryl/α,β-unsaturated/α-hetero) is 1. The Morgan fingerprint density at radius 1 is 1.25 bits per heavy atom. The van der Waals surface area contributed by atoms with Crippen molar-refractivity contribution in [2.45, 2.75) is 40.5 Å². The molecule has 0 aliphatic heterocycles. The Bertz CT molecular complexity index is 135. The highest BCUT2D eigenvalue weighted by Gasteiger charge is 2.19. The molecule has 0 saturated carbocycles. The summed E-state index contributed by atoms with van der Waals surface area (Å²) in [5.74, 6) is 2.55. The van der Waals surface area contributed by atoms with E-state index >= 15 is 0 Å². The highest BCUT2D eigenvalue weighted by molar-refractivity contribution is 7.99. The van der Waals surface area contributed by atoms with Crippen LogP contribution >= 0.6 is 11.8 Å². The summed E-state index contributed by atoms with van der Waals surface area (Å²) in [5, 5.41) is 0. The minimum Gasteiger partial charge on any atom is -0.299 e. The summed E-state index contributed by atoms with van der Waals surface area (Å²) < 4.78 is 0. The van der Waals surface area contributed by atoms with Gasteiger partial charge in [-0.1, -0.05) is 27.7 Å². The van der Waals surface area contributed by atoms with Crippen molar-refractivity contribution in [2.75, 3.05) is 11.5 Å². The van der Waals surface area contributed by atoms with Crippen LogP contribution in [0.4, 0.5) is 0 Å². The zero-order chi connectivity index (χ0) is 9.61. The second-order valence-electron chi connectivity index (χ2n) is 4.04. The first-order valence-electron chi connectivity index (χ1n) is 4.59. The van der Waals surface area contributed by atoms with Crippen LogP contribution in [0.1, 0.15) is 40.5 Å². The lowest BCUT2D eigenvalue weighted by molar-refractivity contribution is -0.125. The SMILES string of the molecule is CCCSCCC(=O)C(C)(C)C. The van der Waals surface area contributed by atoms with E-state index in [9.17, 15) is 4.79 Å². The molecule has 0 aliphatic rings. The van der Waals surface area contributed by atoms with E-state index < -0.39 is 0 Å². The average Bonchev–Trinajstić information content (AvgIpc) is 1.96. The first-order chi connectivity index (χ1) is 5.48. The van der Waals surface area contributed by atoms with Crippen LogP contribution in [0.25, 0.3) is 0 Å². The van der Waals surface area contributed by atoms with Gasteiger partial charge in [-0.05, 0) is 12.2 Å². The molecule has 0 atom stereocenters. The summed E-state index contributed by atoms with van der Waals surface area (Å²) in [5.41, 5.74) is -0.146. The van der Waals surface area contributed by atoms with E-state index in [-0.39, 0.29) is 5.41 Å². The highest BCUT2D eigenvalue weighted by atomic mass is 32.2. The number of rotatable bonds is 5. The van der Waals surface area contributed by atoms with E-state index in [2.05, 4.69) is 6.92 Å². The summed E-state index contributed by atoms with van der Waals surface area (Å²) in [4.78, 5) is 11.4. The Labute approximate surface area is 80.3 Å². The molecule has 0 aromatic heterocycles. The average molecular weight is 188 g/mol. The van der Waals surface area contributed by atoms with Crippen molar-refractivity contribution in [3.05, 3.63) is 0 Å². The van der Waals surface area contributed by atoms with Crippen molar-refractivity contribution in [1.29, 1.82) is 0 Å². The molecule has 0 unspecified atom stereocenters. The van der Waals surface area contributed by atoms with Gasteiger partial charge in [0.15, 0.2) is 0 Å². The van der Waals surface area contributed by atoms with Crippen LogP contribution in [-0.2, 0) is 4.79 Å². The monoisotopic (exact) mass is 188 g/mol. The molecule has 0 spiro atoms. The van der Waals surface area contributed by atoms with Gasteiger partial charge in [0.1, 0.15) is 5.78 Å². The number of thioether (sulfide) groups is 1. The first kappa shape index (κ1) is 12.0. The Morgan fingerprint density at radius 2 is 1.83 bits per heavy atom. The number of ketones is 1. The lowest BCUT2D eigenvalue weighted by atomic mass is 9.89. The summed E-state index contributed by atoms with van der Waals surface area (Å²) in [6, 6.07) is 0. The maximum atomic E-state index is 11.4. The maximum Gasteiger partial charge on any atom is 0.139 e. The molecule has 0 saturated heterocycles. The molecule has 0 amide bonds. The Hall–Kier alpha value is 0.0200. The van der Waals surface area contributed by atoms with Crippen LogP contribution in [-0.4, -0.2) is 17.3 Å². The molecular weight excluding hydrogens is 168 g/mol. The second kappa shape index (κ2) is 5.63. The molecule has 0 N–H and O–H groups in total. The molecule has 0 heterocycles. The molecule has 0 rings (SSSR count). The molecule has 12 heavy (non-hydrogen) atoms. The lowest BCUT2D eigenvalue weighted by Gasteiger charge is -2.15. The fraction of sp³-hybridized carbons (Fsp3) is 0.900. The molecular formula is C10H20OS. The maximum absolute atomic E-state index is 11.4. The first-order valence-corrected chi connectivity index (χ1v) is 5.75. The molecule has 0 aliphatic carbocycles. The van der Waals surface area contributed by atoms with Crippen LogP contribution in [0.15, 0.2) is 0 Å². The molecule has 0 aromatic rings. The summed E-state index contributed by atoms with van der Waals surface area (Å²) in [6.45, 7) is 8.12. The van der Waals surface area contributed by atoms with Gasteiger partial charge in [0.2, 0.25) is 0 Å². The van der Waals surface area contributed by atoms with E-state index in [4.69, 9.17) is 0 Å². The molecule has 0 bridgehead atoms. The third kappa shape index (κ3) is 5.64. The Kier molecular flexibility index (Phi) is 5.64. The van der Waals surface area contributed by atoms with E-state index in [1.165, 1.54) is 12.2 Å². The predicted molar refractivity (Wildman–Crippen MR) is 56.7 cm³/mol. The lowest BCUT2D eigenvalue weighted by Crippen LogP contribution is -2.20. The molecule has 0 aromatic carbocycles. The summed E-state index contributed by atoms with van der Waals surface area (Å²) in [6.07, 6.45) is 1.93. The Balaban J connectivity index is 3.45. The van der Waals surface area contributed by atoms with Crippen LogP contribution in [0, 0.1) is 5.41 Å². The zero-order valence-electron chi connectivity index (χ0n) is 8.64. The smallest absolute Gasteiger partial charge is 0.139 e. The normalized spacial score (nSPS) is 11.7. The molecule has 72 valence electrons. The van der Waals surface area contributed by atoms with Gasteiger partial charge in [-0.2, -0.15) is 11.8 Å². The number of hydrogen-bond donors (Lipinski definition) is 0. The fourth-order valence-electron chi connectivity index (χ4n) is 0.786. The van der Waals surface area contributed by atoms with Crippen molar-refractivity contribution in [2.24, 2.45) is 5.41 Å². The van der Waals surface area contributed by atoms with Gasteiger partial charge in [-0.25, -0.2) is 0 Å². The quantitative estimate of drug-likeness (QED) is 0.617. The van der Waals surface area contributed by atoms with Crippen molar-refractivity contribution >= 4 is 17.5 Å². The van der Waals surface area contributed by atoms with Gasteiger partial charge < -0.3 is 0 Å². The van der Waals surface area contributed by atoms with Gasteiger partial charge in [0.25, 0.3) is 0 Å². The third-order valence-corrected chi connectivity index (χ3v) is 2.85. The van der Waals surface area contributed by atoms with Crippen molar-refractivity contribution < 1.29 is 4.79 Å². The molecule has 0 radical (unpaired) electrons. The number of hydrogen-bond acceptors (Lipinski definition) is 2. The van der Waals surface area contributed by atoms with E-state index in [0.717, 1.165) is 12.2 Å².